The Balaban J connectivity index is 1.17. The number of aromatic nitrogens is 10. The van der Waals surface area contributed by atoms with Gasteiger partial charge in [-0.25, -0.2) is 27.5 Å². The fourth-order valence-corrected chi connectivity index (χ4v) is 12.8. The van der Waals surface area contributed by atoms with Gasteiger partial charge in [-0.05, 0) is 149 Å². The predicted octanol–water partition coefficient (Wildman–Crippen LogP) is 6.74. The van der Waals surface area contributed by atoms with Gasteiger partial charge in [-0.2, -0.15) is 20.4 Å². The fraction of sp³-hybridized carbons (Fsp3) is 0.500. The van der Waals surface area contributed by atoms with E-state index in [1.807, 2.05) is 13.8 Å². The van der Waals surface area contributed by atoms with Gasteiger partial charge in [0.05, 0.1) is 72.6 Å². The summed E-state index contributed by atoms with van der Waals surface area (Å²) in [6.07, 6.45) is 3.39. The lowest BCUT2D eigenvalue weighted by Crippen LogP contribution is -2.57. The summed E-state index contributed by atoms with van der Waals surface area (Å²) in [5.41, 5.74) is -5.97. The number of thiophene rings is 2. The number of hydrogen-bond donors (Lipinski definition) is 4. The Kier molecular flexibility index (Phi) is 18.6. The number of carbonyl (C=O) groups is 2. The first kappa shape index (κ1) is 64.6. The zero-order chi connectivity index (χ0) is 63.3. The number of ether oxygens (including phenoxy) is 2. The van der Waals surface area contributed by atoms with Crippen molar-refractivity contribution in [2.24, 2.45) is 0 Å². The minimum absolute atomic E-state index is 0.0751. The van der Waals surface area contributed by atoms with Crippen LogP contribution in [-0.4, -0.2) is 107 Å². The molecule has 4 N–H and O–H groups in total. The Morgan fingerprint density at radius 1 is 0.640 bits per heavy atom. The van der Waals surface area contributed by atoms with Crippen LogP contribution >= 0.6 is 22.7 Å². The third-order valence-corrected chi connectivity index (χ3v) is 17.4. The molecule has 2 amide bonds. The van der Waals surface area contributed by atoms with E-state index >= 15 is 18.4 Å². The molecule has 3 atom stereocenters. The van der Waals surface area contributed by atoms with Crippen molar-refractivity contribution in [3.63, 3.8) is 0 Å². The van der Waals surface area contributed by atoms with E-state index in [9.17, 15) is 29.4 Å². The van der Waals surface area contributed by atoms with Crippen LogP contribution in [0.5, 0.6) is 0 Å². The number of fused-ring (bicyclic) bond motifs is 2. The van der Waals surface area contributed by atoms with Crippen molar-refractivity contribution < 1.29 is 38.1 Å². The Bertz CT molecular complexity index is 4100. The molecule has 1 unspecified atom stereocenters. The first-order chi connectivity index (χ1) is 40.2. The molecule has 462 valence electrons. The van der Waals surface area contributed by atoms with Crippen molar-refractivity contribution in [1.82, 2.24) is 58.9 Å². The molecule has 6 aromatic heterocycles. The van der Waals surface area contributed by atoms with Crippen LogP contribution in [0.15, 0.2) is 74.2 Å². The minimum Gasteiger partial charge on any atom is -0.388 e. The quantitative estimate of drug-likeness (QED) is 0.0488. The molecule has 0 spiro atoms. The number of aliphatic hydroxyl groups is 2. The maximum absolute atomic E-state index is 15.2. The van der Waals surface area contributed by atoms with Gasteiger partial charge in [-0.1, -0.05) is 48.7 Å². The van der Waals surface area contributed by atoms with Gasteiger partial charge in [0.1, 0.15) is 54.6 Å². The van der Waals surface area contributed by atoms with Crippen molar-refractivity contribution in [3.8, 4) is 10.0 Å². The second-order valence-corrected chi connectivity index (χ2v) is 26.3. The van der Waals surface area contributed by atoms with Crippen molar-refractivity contribution in [2.45, 2.75) is 183 Å². The average molecular weight is 1230 g/mol. The molecule has 0 radical (unpaired) electrons. The van der Waals surface area contributed by atoms with Crippen LogP contribution in [0.2, 0.25) is 0 Å². The third kappa shape index (κ3) is 13.1. The predicted molar refractivity (Wildman–Crippen MR) is 325 cm³/mol. The summed E-state index contributed by atoms with van der Waals surface area (Å²) in [6, 6.07) is 7.52. The van der Waals surface area contributed by atoms with Crippen LogP contribution in [0.4, 0.5) is 8.78 Å². The fourth-order valence-electron chi connectivity index (χ4n) is 10.4. The molecular weight excluding hydrogens is 1150 g/mol. The first-order valence-corrected chi connectivity index (χ1v) is 30.1. The highest BCUT2D eigenvalue weighted by Crippen LogP contribution is 2.36. The lowest BCUT2D eigenvalue weighted by atomic mass is 9.99. The number of aryl methyl sites for hydroxylation is 4. The summed E-state index contributed by atoms with van der Waals surface area (Å²) in [7, 11) is 0. The van der Waals surface area contributed by atoms with E-state index < -0.39 is 86.5 Å². The van der Waals surface area contributed by atoms with Gasteiger partial charge in [0, 0.05) is 29.6 Å². The van der Waals surface area contributed by atoms with Crippen molar-refractivity contribution >= 4 is 54.9 Å². The highest BCUT2D eigenvalue weighted by Gasteiger charge is 2.39. The number of nitrogens with zero attached hydrogens (tertiary/aromatic N) is 10. The van der Waals surface area contributed by atoms with Crippen molar-refractivity contribution in [3.05, 3.63) is 147 Å². The third-order valence-electron chi connectivity index (χ3n) is 14.9. The molecule has 6 heterocycles. The first-order valence-electron chi connectivity index (χ1n) is 28.4. The number of hydrogen-bond acceptors (Lipinski definition) is 16. The number of halogens is 2. The molecule has 2 aromatic carbocycles. The monoisotopic (exact) mass is 1230 g/mol. The topological polar surface area (TPSA) is 267 Å². The van der Waals surface area contributed by atoms with Gasteiger partial charge in [0.2, 0.25) is 11.8 Å². The molecule has 22 nitrogen and oxygen atoms in total. The minimum atomic E-state index is -1.86. The zero-order valence-electron chi connectivity index (χ0n) is 51.2. The van der Waals surface area contributed by atoms with Crippen LogP contribution in [0.25, 0.3) is 30.4 Å². The number of nitrogens with one attached hydrogen (secondary N) is 2. The van der Waals surface area contributed by atoms with E-state index in [1.54, 1.807) is 74.4 Å². The van der Waals surface area contributed by atoms with Crippen LogP contribution in [-0.2, 0) is 62.5 Å². The van der Waals surface area contributed by atoms with Crippen LogP contribution < -0.4 is 33.1 Å². The SMILES string of the molecule is CCc1ccc(F)cc1[C@H](Cn1c(=O)n(C(C)(C)C(=O)NC(C)Cc2cnn(-c3sc4c(c3C)c(=O)n(C(C)(C)C(=O)NC(C)C)c(=O)n4C[C@@H](OCC(C)(C)O)c3cc(F)ccc3CC)n2)c(=O)c2c(C)c(-n3nccn3)sc21)OCC(C)(C)O. The molecule has 0 saturated heterocycles. The van der Waals surface area contributed by atoms with E-state index in [4.69, 9.17) is 14.6 Å². The lowest BCUT2D eigenvalue weighted by Gasteiger charge is -2.29. The maximum atomic E-state index is 15.2. The van der Waals surface area contributed by atoms with Crippen LogP contribution in [0.3, 0.4) is 0 Å². The second-order valence-electron chi connectivity index (χ2n) is 24.4. The molecular formula is C60H76F2N12O10S2. The highest BCUT2D eigenvalue weighted by atomic mass is 32.1. The van der Waals surface area contributed by atoms with Gasteiger partial charge >= 0.3 is 11.4 Å². The molecule has 26 heteroatoms. The molecule has 86 heavy (non-hydrogen) atoms. The standard InChI is InChI=1S/C60H76F2N12O10S2/c1-16-36-18-20-38(61)25-41(36)43(83-30-57(8,9)81)28-69-51-45(34(6)49(85-51)73-63-22-23-64-73)47(75)72(56(69)80)60(14,15)54(78)67-33(5)24-40-27-65-74(68-40)50-35(7)46-48(76)71(59(12,13)53(77)66-32(3)4)55(79)70(52(46)86-50)29-44(84-31-58(10,11)82)42-26-39(62)21-19-37(42)17-2/h18-23,25-27,32-33,43-44,81-82H,16-17,24,28-31H2,1-15H3,(H,66,77)(H,67,78)/t33?,43-,44+/m0/s1. The largest absolute Gasteiger partial charge is 0.388 e. The number of carbonyl (C=O) groups excluding carboxylic acids is 2. The molecule has 0 fully saturated rings. The molecule has 0 saturated carbocycles. The Morgan fingerprint density at radius 2 is 1.06 bits per heavy atom. The zero-order valence-corrected chi connectivity index (χ0v) is 52.8. The molecule has 8 aromatic rings. The normalized spacial score (nSPS) is 13.7. The van der Waals surface area contributed by atoms with E-state index in [-0.39, 0.29) is 59.2 Å². The summed E-state index contributed by atoms with van der Waals surface area (Å²) in [4.78, 5) is 91.8. The summed E-state index contributed by atoms with van der Waals surface area (Å²) >= 11 is 2.12. The van der Waals surface area contributed by atoms with Gasteiger partial charge in [-0.3, -0.25) is 28.3 Å². The summed E-state index contributed by atoms with van der Waals surface area (Å²) in [6.45, 7) is 23.5. The average Bonchev–Trinajstić information content (AvgIpc) is 1.47. The van der Waals surface area contributed by atoms with Gasteiger partial charge in [0.25, 0.3) is 11.1 Å². The number of amides is 2. The molecule has 0 aliphatic heterocycles. The number of rotatable bonds is 24. The second kappa shape index (κ2) is 24.8. The summed E-state index contributed by atoms with van der Waals surface area (Å²) in [5.74, 6) is -2.39. The number of benzene rings is 2. The van der Waals surface area contributed by atoms with Crippen molar-refractivity contribution in [1.29, 1.82) is 0 Å². The summed E-state index contributed by atoms with van der Waals surface area (Å²) < 4.78 is 47.3. The van der Waals surface area contributed by atoms with Gasteiger partial charge < -0.3 is 30.3 Å². The Morgan fingerprint density at radius 3 is 1.47 bits per heavy atom. The Labute approximate surface area is 503 Å². The van der Waals surface area contributed by atoms with Crippen LogP contribution in [0, 0.1) is 25.5 Å². The van der Waals surface area contributed by atoms with E-state index in [1.165, 1.54) is 89.3 Å². The molecule has 0 bridgehead atoms. The van der Waals surface area contributed by atoms with Gasteiger partial charge in [-0.15, -0.1) is 9.59 Å². The van der Waals surface area contributed by atoms with E-state index in [0.29, 0.717) is 50.8 Å². The lowest BCUT2D eigenvalue weighted by molar-refractivity contribution is -0.130. The highest BCUT2D eigenvalue weighted by molar-refractivity contribution is 7.21. The summed E-state index contributed by atoms with van der Waals surface area (Å²) in [5, 5.41) is 46.3. The Hall–Kier alpha value is -7.36. The maximum Gasteiger partial charge on any atom is 0.333 e. The van der Waals surface area contributed by atoms with E-state index in [2.05, 4.69) is 25.9 Å². The van der Waals surface area contributed by atoms with Gasteiger partial charge in [0.15, 0.2) is 0 Å². The molecule has 0 aliphatic carbocycles. The van der Waals surface area contributed by atoms with Crippen molar-refractivity contribution in [2.75, 3.05) is 13.2 Å². The molecule has 0 aliphatic rings. The smallest absolute Gasteiger partial charge is 0.333 e. The van der Waals surface area contributed by atoms with E-state index in [0.717, 1.165) is 42.9 Å². The molecule has 8 rings (SSSR count). The van der Waals surface area contributed by atoms with Crippen LogP contribution in [0.1, 0.15) is 141 Å².